The van der Waals surface area contributed by atoms with Gasteiger partial charge in [-0.05, 0) is 37.0 Å². The van der Waals surface area contributed by atoms with Crippen molar-refractivity contribution in [3.8, 4) is 0 Å². The molecule has 0 radical (unpaired) electrons. The second-order valence-corrected chi connectivity index (χ2v) is 6.85. The molecule has 0 spiro atoms. The van der Waals surface area contributed by atoms with E-state index < -0.39 is 0 Å². The normalized spacial score (nSPS) is 18.7. The highest BCUT2D eigenvalue weighted by Gasteiger charge is 2.15. The number of nitrogens with one attached hydrogen (secondary N) is 2. The van der Waals surface area contributed by atoms with Crippen LogP contribution in [0.4, 0.5) is 4.39 Å². The molecule has 2 atom stereocenters. The Morgan fingerprint density at radius 1 is 1.32 bits per heavy atom. The van der Waals surface area contributed by atoms with Crippen molar-refractivity contribution in [2.45, 2.75) is 26.8 Å². The first kappa shape index (κ1) is 19.7. The van der Waals surface area contributed by atoms with E-state index in [0.717, 1.165) is 50.9 Å². The summed E-state index contributed by atoms with van der Waals surface area (Å²) in [4.78, 5) is 6.71. The molecular formula is C19H31FN4O. The van der Waals surface area contributed by atoms with Gasteiger partial charge in [-0.2, -0.15) is 0 Å². The fourth-order valence-corrected chi connectivity index (χ4v) is 2.92. The van der Waals surface area contributed by atoms with Crippen molar-refractivity contribution in [1.82, 2.24) is 15.5 Å². The molecule has 1 aromatic carbocycles. The van der Waals surface area contributed by atoms with Crippen LogP contribution in [-0.4, -0.2) is 57.3 Å². The van der Waals surface area contributed by atoms with E-state index in [9.17, 15) is 4.39 Å². The Morgan fingerprint density at radius 2 is 2.04 bits per heavy atom. The molecule has 6 heteroatoms. The first-order chi connectivity index (χ1) is 12.0. The Balaban J connectivity index is 1.80. The molecule has 1 fully saturated rings. The van der Waals surface area contributed by atoms with Crippen molar-refractivity contribution < 1.29 is 9.13 Å². The van der Waals surface area contributed by atoms with Gasteiger partial charge < -0.3 is 15.4 Å². The third-order valence-corrected chi connectivity index (χ3v) is 4.56. The van der Waals surface area contributed by atoms with E-state index in [1.807, 2.05) is 19.1 Å². The summed E-state index contributed by atoms with van der Waals surface area (Å²) in [5, 5.41) is 6.70. The Hall–Kier alpha value is -1.66. The van der Waals surface area contributed by atoms with Gasteiger partial charge in [0.05, 0.1) is 19.3 Å². The number of aryl methyl sites for hydroxylation is 1. The van der Waals surface area contributed by atoms with Gasteiger partial charge in [-0.1, -0.05) is 19.1 Å². The van der Waals surface area contributed by atoms with Crippen LogP contribution in [0.5, 0.6) is 0 Å². The van der Waals surface area contributed by atoms with Crippen LogP contribution in [0.25, 0.3) is 0 Å². The van der Waals surface area contributed by atoms with Crippen LogP contribution in [0.1, 0.15) is 31.0 Å². The van der Waals surface area contributed by atoms with Crippen LogP contribution in [0.3, 0.4) is 0 Å². The van der Waals surface area contributed by atoms with Crippen molar-refractivity contribution in [2.75, 3.05) is 46.4 Å². The van der Waals surface area contributed by atoms with E-state index in [2.05, 4.69) is 27.4 Å². The molecular weight excluding hydrogens is 319 g/mol. The predicted molar refractivity (Wildman–Crippen MR) is 100 cm³/mol. The van der Waals surface area contributed by atoms with Crippen molar-refractivity contribution in [3.63, 3.8) is 0 Å². The maximum atomic E-state index is 13.7. The molecule has 2 rings (SSSR count). The molecule has 2 N–H and O–H groups in total. The maximum absolute atomic E-state index is 13.7. The highest BCUT2D eigenvalue weighted by atomic mass is 19.1. The third kappa shape index (κ3) is 6.29. The second-order valence-electron chi connectivity index (χ2n) is 6.85. The van der Waals surface area contributed by atoms with Gasteiger partial charge in [0.25, 0.3) is 0 Å². The van der Waals surface area contributed by atoms with E-state index in [1.54, 1.807) is 20.0 Å². The van der Waals surface area contributed by atoms with Crippen molar-refractivity contribution in [1.29, 1.82) is 0 Å². The van der Waals surface area contributed by atoms with Crippen molar-refractivity contribution >= 4 is 5.96 Å². The van der Waals surface area contributed by atoms with Gasteiger partial charge in [0.2, 0.25) is 0 Å². The highest BCUT2D eigenvalue weighted by Crippen LogP contribution is 2.16. The molecule has 1 saturated heterocycles. The third-order valence-electron chi connectivity index (χ3n) is 4.56. The van der Waals surface area contributed by atoms with Crippen LogP contribution in [0, 0.1) is 18.7 Å². The summed E-state index contributed by atoms with van der Waals surface area (Å²) in [6.45, 7) is 11.6. The Kier molecular flexibility index (Phi) is 7.65. The van der Waals surface area contributed by atoms with E-state index in [4.69, 9.17) is 4.74 Å². The molecule has 1 heterocycles. The SMILES string of the molecule is CN=C(NCC(C)CN1CCOCC1)NC(C)c1ccc(C)c(F)c1. The number of nitrogens with zero attached hydrogens (tertiary/aromatic N) is 2. The number of halogens is 1. The lowest BCUT2D eigenvalue weighted by molar-refractivity contribution is 0.0320. The quantitative estimate of drug-likeness (QED) is 0.611. The summed E-state index contributed by atoms with van der Waals surface area (Å²) in [6, 6.07) is 5.32. The van der Waals surface area contributed by atoms with Crippen molar-refractivity contribution in [3.05, 3.63) is 35.1 Å². The average Bonchev–Trinajstić information content (AvgIpc) is 2.61. The summed E-state index contributed by atoms with van der Waals surface area (Å²) >= 11 is 0. The van der Waals surface area contributed by atoms with E-state index in [0.29, 0.717) is 11.5 Å². The number of hydrogen-bond donors (Lipinski definition) is 2. The number of aliphatic imine (C=N–C) groups is 1. The number of rotatable bonds is 6. The van der Waals surface area contributed by atoms with Gasteiger partial charge in [-0.3, -0.25) is 9.89 Å². The first-order valence-corrected chi connectivity index (χ1v) is 9.03. The maximum Gasteiger partial charge on any atom is 0.191 e. The Labute approximate surface area is 150 Å². The molecule has 0 bridgehead atoms. The fraction of sp³-hybridized carbons (Fsp3) is 0.632. The molecule has 0 aliphatic carbocycles. The minimum absolute atomic E-state index is 0.0177. The van der Waals surface area contributed by atoms with Crippen molar-refractivity contribution in [2.24, 2.45) is 10.9 Å². The summed E-state index contributed by atoms with van der Waals surface area (Å²) in [6.07, 6.45) is 0. The van der Waals surface area contributed by atoms with Crippen LogP contribution < -0.4 is 10.6 Å². The number of hydrogen-bond acceptors (Lipinski definition) is 3. The molecule has 1 aliphatic heterocycles. The Bertz CT molecular complexity index is 573. The van der Waals surface area contributed by atoms with Crippen LogP contribution in [0.15, 0.2) is 23.2 Å². The van der Waals surface area contributed by atoms with Crippen LogP contribution in [0.2, 0.25) is 0 Å². The molecule has 140 valence electrons. The van der Waals surface area contributed by atoms with E-state index in [-0.39, 0.29) is 11.9 Å². The summed E-state index contributed by atoms with van der Waals surface area (Å²) < 4.78 is 19.1. The molecule has 0 aromatic heterocycles. The second kappa shape index (κ2) is 9.73. The average molecular weight is 350 g/mol. The lowest BCUT2D eigenvalue weighted by atomic mass is 10.1. The molecule has 0 amide bonds. The monoisotopic (exact) mass is 350 g/mol. The van der Waals surface area contributed by atoms with Gasteiger partial charge in [-0.15, -0.1) is 0 Å². The lowest BCUT2D eigenvalue weighted by Crippen LogP contribution is -2.44. The molecule has 25 heavy (non-hydrogen) atoms. The summed E-state index contributed by atoms with van der Waals surface area (Å²) in [5.74, 6) is 1.07. The highest BCUT2D eigenvalue weighted by molar-refractivity contribution is 5.80. The van der Waals surface area contributed by atoms with E-state index >= 15 is 0 Å². The first-order valence-electron chi connectivity index (χ1n) is 9.03. The van der Waals surface area contributed by atoms with Gasteiger partial charge in [0.15, 0.2) is 5.96 Å². The number of ether oxygens (including phenoxy) is 1. The molecule has 1 aliphatic rings. The van der Waals surface area contributed by atoms with E-state index in [1.165, 1.54) is 0 Å². The zero-order valence-electron chi connectivity index (χ0n) is 15.8. The smallest absolute Gasteiger partial charge is 0.191 e. The largest absolute Gasteiger partial charge is 0.379 e. The zero-order valence-corrected chi connectivity index (χ0v) is 15.8. The molecule has 1 aromatic rings. The summed E-state index contributed by atoms with van der Waals surface area (Å²) in [5.41, 5.74) is 1.57. The Morgan fingerprint density at radius 3 is 2.68 bits per heavy atom. The lowest BCUT2D eigenvalue weighted by Gasteiger charge is -2.29. The van der Waals surface area contributed by atoms with Crippen LogP contribution >= 0.6 is 0 Å². The molecule has 0 saturated carbocycles. The molecule has 5 nitrogen and oxygen atoms in total. The number of guanidine groups is 1. The number of morpholine rings is 1. The summed E-state index contributed by atoms with van der Waals surface area (Å²) in [7, 11) is 1.75. The van der Waals surface area contributed by atoms with Gasteiger partial charge in [0, 0.05) is 33.2 Å². The number of benzene rings is 1. The predicted octanol–water partition coefficient (Wildman–Crippen LogP) is 2.33. The minimum atomic E-state index is -0.173. The molecule has 2 unspecified atom stereocenters. The van der Waals surface area contributed by atoms with Gasteiger partial charge in [0.1, 0.15) is 5.82 Å². The zero-order chi connectivity index (χ0) is 18.2. The van der Waals surface area contributed by atoms with Gasteiger partial charge in [-0.25, -0.2) is 4.39 Å². The minimum Gasteiger partial charge on any atom is -0.379 e. The topological polar surface area (TPSA) is 48.9 Å². The van der Waals surface area contributed by atoms with Gasteiger partial charge >= 0.3 is 0 Å². The fourth-order valence-electron chi connectivity index (χ4n) is 2.92. The van der Waals surface area contributed by atoms with Crippen LogP contribution in [-0.2, 0) is 4.74 Å². The standard InChI is InChI=1S/C19H31FN4O/c1-14(13-24-7-9-25-10-8-24)12-22-19(21-4)23-16(3)17-6-5-15(2)18(20)11-17/h5-6,11,14,16H,7-10,12-13H2,1-4H3,(H2,21,22,23).